The summed E-state index contributed by atoms with van der Waals surface area (Å²) in [6, 6.07) is 4.32. The Kier molecular flexibility index (Phi) is 3.69. The normalized spacial score (nSPS) is 12.0. The summed E-state index contributed by atoms with van der Waals surface area (Å²) in [5.41, 5.74) is -1.70. The summed E-state index contributed by atoms with van der Waals surface area (Å²) in [5.74, 6) is -0.777. The predicted octanol–water partition coefficient (Wildman–Crippen LogP) is 1.57. The minimum atomic E-state index is -2.75. The summed E-state index contributed by atoms with van der Waals surface area (Å²) in [4.78, 5) is 20.0. The second-order valence-corrected chi connectivity index (χ2v) is 4.52. The van der Waals surface area contributed by atoms with Gasteiger partial charge in [0.05, 0.1) is 27.0 Å². The fraction of sp³-hybridized carbons (Fsp3) is 0. The summed E-state index contributed by atoms with van der Waals surface area (Å²) in [5, 5.41) is 31.3. The Bertz CT molecular complexity index is 792. The Hall–Kier alpha value is -2.79. The zero-order chi connectivity index (χ0) is 15.7. The molecule has 21 heavy (non-hydrogen) atoms. The second-order valence-electron chi connectivity index (χ2n) is 3.84. The van der Waals surface area contributed by atoms with Gasteiger partial charge in [-0.05, 0) is 12.1 Å². The Labute approximate surface area is 118 Å². The van der Waals surface area contributed by atoms with Crippen LogP contribution in [0.3, 0.4) is 0 Å². The SMILES string of the molecule is O=[N+]([O-])c1cc([N+](=O)[O-])c2c(NS(=O)[O-])cccc2c1O. The Morgan fingerprint density at radius 2 is 1.76 bits per heavy atom. The number of benzene rings is 2. The van der Waals surface area contributed by atoms with Crippen molar-refractivity contribution in [3.8, 4) is 5.75 Å². The minimum absolute atomic E-state index is 0.169. The number of aromatic hydroxyl groups is 1. The lowest BCUT2D eigenvalue weighted by molar-refractivity contribution is -0.393. The van der Waals surface area contributed by atoms with Crippen molar-refractivity contribution in [2.75, 3.05) is 4.72 Å². The Morgan fingerprint density at radius 1 is 1.14 bits per heavy atom. The fourth-order valence-electron chi connectivity index (χ4n) is 1.89. The summed E-state index contributed by atoms with van der Waals surface area (Å²) >= 11 is -2.75. The van der Waals surface area contributed by atoms with Gasteiger partial charge in [0.1, 0.15) is 0 Å². The van der Waals surface area contributed by atoms with E-state index in [4.69, 9.17) is 0 Å². The monoisotopic (exact) mass is 312 g/mol. The van der Waals surface area contributed by atoms with E-state index >= 15 is 0 Å². The van der Waals surface area contributed by atoms with Gasteiger partial charge in [-0.2, -0.15) is 0 Å². The van der Waals surface area contributed by atoms with Crippen molar-refractivity contribution in [2.24, 2.45) is 0 Å². The number of nitrogens with zero attached hydrogens (tertiary/aromatic N) is 2. The average Bonchev–Trinajstić information content (AvgIpc) is 2.38. The van der Waals surface area contributed by atoms with Crippen LogP contribution in [0.2, 0.25) is 0 Å². The highest BCUT2D eigenvalue weighted by atomic mass is 32.2. The number of nitro groups is 2. The van der Waals surface area contributed by atoms with Crippen molar-refractivity contribution < 1.29 is 23.7 Å². The second kappa shape index (κ2) is 5.30. The van der Waals surface area contributed by atoms with Gasteiger partial charge in [-0.3, -0.25) is 24.4 Å². The van der Waals surface area contributed by atoms with E-state index in [1.165, 1.54) is 18.2 Å². The van der Waals surface area contributed by atoms with Gasteiger partial charge in [0.15, 0.2) is 0 Å². The van der Waals surface area contributed by atoms with Gasteiger partial charge in [-0.1, -0.05) is 6.07 Å². The molecule has 0 saturated carbocycles. The number of non-ortho nitro benzene ring substituents is 1. The summed E-state index contributed by atoms with van der Waals surface area (Å²) in [6.45, 7) is 0. The lowest BCUT2D eigenvalue weighted by Gasteiger charge is -2.12. The summed E-state index contributed by atoms with van der Waals surface area (Å²) in [6.07, 6.45) is 0. The maximum atomic E-state index is 11.1. The van der Waals surface area contributed by atoms with Crippen molar-refractivity contribution >= 4 is 39.1 Å². The van der Waals surface area contributed by atoms with Gasteiger partial charge in [0.2, 0.25) is 5.75 Å². The average molecular weight is 312 g/mol. The van der Waals surface area contributed by atoms with Gasteiger partial charge in [0, 0.05) is 16.7 Å². The molecule has 0 aliphatic heterocycles. The van der Waals surface area contributed by atoms with Crippen LogP contribution in [0.15, 0.2) is 24.3 Å². The molecule has 2 rings (SSSR count). The molecule has 0 heterocycles. The number of anilines is 1. The van der Waals surface area contributed by atoms with Crippen molar-refractivity contribution in [1.82, 2.24) is 0 Å². The molecule has 0 bridgehead atoms. The third kappa shape index (κ3) is 2.59. The van der Waals surface area contributed by atoms with Crippen LogP contribution in [0.4, 0.5) is 17.1 Å². The molecule has 10 nitrogen and oxygen atoms in total. The van der Waals surface area contributed by atoms with Gasteiger partial charge < -0.3 is 14.4 Å². The molecule has 2 aromatic rings. The molecular formula is C10H6N3O7S-. The molecule has 0 aliphatic carbocycles. The van der Waals surface area contributed by atoms with Crippen LogP contribution >= 0.6 is 0 Å². The van der Waals surface area contributed by atoms with Crippen LogP contribution in [0.5, 0.6) is 5.75 Å². The van der Waals surface area contributed by atoms with E-state index in [-0.39, 0.29) is 16.5 Å². The molecule has 2 N–H and O–H groups in total. The standard InChI is InChI=1S/C10H7N3O7S/c14-10-5-2-1-3-6(11-21(19)20)9(5)7(12(15)16)4-8(10)13(17)18/h1-4,11,14H,(H,19,20)/p-1. The number of hydrogen-bond donors (Lipinski definition) is 2. The van der Waals surface area contributed by atoms with Crippen molar-refractivity contribution in [3.05, 3.63) is 44.5 Å². The molecule has 0 radical (unpaired) electrons. The zero-order valence-electron chi connectivity index (χ0n) is 10.0. The topological polar surface area (TPSA) is 159 Å². The third-order valence-electron chi connectivity index (χ3n) is 2.68. The number of nitro benzene ring substituents is 2. The minimum Gasteiger partial charge on any atom is -0.755 e. The first-order valence-corrected chi connectivity index (χ1v) is 6.33. The quantitative estimate of drug-likeness (QED) is 0.492. The van der Waals surface area contributed by atoms with Crippen LogP contribution in [-0.4, -0.2) is 23.7 Å². The Balaban J connectivity index is 2.93. The predicted molar refractivity (Wildman–Crippen MR) is 71.5 cm³/mol. The maximum Gasteiger partial charge on any atom is 0.318 e. The van der Waals surface area contributed by atoms with Gasteiger partial charge >= 0.3 is 5.69 Å². The number of fused-ring (bicyclic) bond motifs is 1. The third-order valence-corrected chi connectivity index (χ3v) is 3.07. The number of nitrogens with one attached hydrogen (secondary N) is 1. The molecule has 110 valence electrons. The van der Waals surface area contributed by atoms with Crippen molar-refractivity contribution in [3.63, 3.8) is 0 Å². The van der Waals surface area contributed by atoms with Gasteiger partial charge in [-0.15, -0.1) is 0 Å². The number of hydrogen-bond acceptors (Lipinski definition) is 7. The highest BCUT2D eigenvalue weighted by Gasteiger charge is 2.27. The van der Waals surface area contributed by atoms with E-state index in [1.807, 2.05) is 4.72 Å². The molecular weight excluding hydrogens is 306 g/mol. The van der Waals surface area contributed by atoms with Crippen molar-refractivity contribution in [1.29, 1.82) is 0 Å². The van der Waals surface area contributed by atoms with Crippen LogP contribution in [-0.2, 0) is 11.3 Å². The first kappa shape index (κ1) is 14.6. The lowest BCUT2D eigenvalue weighted by atomic mass is 10.0. The van der Waals surface area contributed by atoms with Crippen molar-refractivity contribution in [2.45, 2.75) is 0 Å². The largest absolute Gasteiger partial charge is 0.755 e. The number of rotatable bonds is 4. The molecule has 2 aromatic carbocycles. The molecule has 0 amide bonds. The molecule has 0 fully saturated rings. The van der Waals surface area contributed by atoms with Gasteiger partial charge in [-0.25, -0.2) is 0 Å². The fourth-order valence-corrected chi connectivity index (χ4v) is 2.24. The first-order valence-electron chi connectivity index (χ1n) is 5.26. The molecule has 0 aliphatic rings. The Morgan fingerprint density at radius 3 is 2.29 bits per heavy atom. The van der Waals surface area contributed by atoms with E-state index < -0.39 is 38.2 Å². The molecule has 1 atom stereocenters. The molecule has 11 heteroatoms. The van der Waals surface area contributed by atoms with Crippen LogP contribution < -0.4 is 4.72 Å². The van der Waals surface area contributed by atoms with E-state index in [0.29, 0.717) is 6.07 Å². The summed E-state index contributed by atoms with van der Waals surface area (Å²) in [7, 11) is 0. The van der Waals surface area contributed by atoms with Crippen LogP contribution in [0.1, 0.15) is 0 Å². The maximum absolute atomic E-state index is 11.1. The van der Waals surface area contributed by atoms with Crippen LogP contribution in [0, 0.1) is 20.2 Å². The molecule has 0 saturated heterocycles. The highest BCUT2D eigenvalue weighted by molar-refractivity contribution is 7.80. The van der Waals surface area contributed by atoms with E-state index in [2.05, 4.69) is 0 Å². The van der Waals surface area contributed by atoms with E-state index in [0.717, 1.165) is 0 Å². The molecule has 0 spiro atoms. The smallest absolute Gasteiger partial charge is 0.318 e. The van der Waals surface area contributed by atoms with Gasteiger partial charge in [0.25, 0.3) is 5.69 Å². The van der Waals surface area contributed by atoms with E-state index in [9.17, 15) is 34.1 Å². The first-order chi connectivity index (χ1) is 9.82. The van der Waals surface area contributed by atoms with E-state index in [1.54, 1.807) is 0 Å². The molecule has 1 unspecified atom stereocenters. The number of phenols is 1. The lowest BCUT2D eigenvalue weighted by Crippen LogP contribution is -2.04. The number of phenolic OH excluding ortho intramolecular Hbond substituents is 1. The summed E-state index contributed by atoms with van der Waals surface area (Å²) < 4.78 is 23.4. The molecule has 0 aromatic heterocycles. The highest BCUT2D eigenvalue weighted by Crippen LogP contribution is 2.43. The van der Waals surface area contributed by atoms with Crippen LogP contribution in [0.25, 0.3) is 10.8 Å². The zero-order valence-corrected chi connectivity index (χ0v) is 10.8.